The number of methoxy groups -OCH3 is 1. The Bertz CT molecular complexity index is 894. The lowest BCUT2D eigenvalue weighted by atomic mass is 10.1. The minimum Gasteiger partial charge on any atom is -0.496 e. The van der Waals surface area contributed by atoms with Crippen LogP contribution in [0.15, 0.2) is 53.4 Å². The maximum Gasteiger partial charge on any atom is 0.241 e. The van der Waals surface area contributed by atoms with E-state index in [1.54, 1.807) is 24.0 Å². The Balaban J connectivity index is 2.34. The molecule has 2 aromatic rings. The molecule has 2 aromatic carbocycles. The third-order valence-electron chi connectivity index (χ3n) is 4.63. The molecule has 1 amide bonds. The second-order valence-electron chi connectivity index (χ2n) is 6.51. The van der Waals surface area contributed by atoms with Gasteiger partial charge in [-0.25, -0.2) is 8.42 Å². The fourth-order valence-electron chi connectivity index (χ4n) is 3.06. The number of nitrogens with zero attached hydrogens (tertiary/aromatic N) is 1. The van der Waals surface area contributed by atoms with Crippen molar-refractivity contribution < 1.29 is 17.9 Å². The van der Waals surface area contributed by atoms with E-state index in [-0.39, 0.29) is 17.2 Å². The molecule has 2 rings (SSSR count). The summed E-state index contributed by atoms with van der Waals surface area (Å²) in [5.41, 5.74) is 1.60. The SMILES string of the molecule is CCN(CC)C(=O)[C@@H](Cc1ccccc1)NS(=O)(=O)c1ccc(OC)c(C)c1. The number of rotatable bonds is 9. The van der Waals surface area contributed by atoms with Crippen molar-refractivity contribution in [2.45, 2.75) is 38.1 Å². The van der Waals surface area contributed by atoms with Gasteiger partial charge in [-0.05, 0) is 56.5 Å². The summed E-state index contributed by atoms with van der Waals surface area (Å²) in [5, 5.41) is 0. The maximum absolute atomic E-state index is 13.0. The van der Waals surface area contributed by atoms with Crippen LogP contribution in [0.4, 0.5) is 0 Å². The van der Waals surface area contributed by atoms with Crippen LogP contribution < -0.4 is 9.46 Å². The van der Waals surface area contributed by atoms with Gasteiger partial charge >= 0.3 is 0 Å². The van der Waals surface area contributed by atoms with E-state index < -0.39 is 16.1 Å². The lowest BCUT2D eigenvalue weighted by Gasteiger charge is -2.26. The fourth-order valence-corrected chi connectivity index (χ4v) is 4.33. The van der Waals surface area contributed by atoms with Crippen molar-refractivity contribution in [1.29, 1.82) is 0 Å². The van der Waals surface area contributed by atoms with E-state index >= 15 is 0 Å². The first-order chi connectivity index (χ1) is 13.3. The van der Waals surface area contributed by atoms with Crippen LogP contribution in [0.2, 0.25) is 0 Å². The van der Waals surface area contributed by atoms with Crippen molar-refractivity contribution in [3.63, 3.8) is 0 Å². The zero-order chi connectivity index (χ0) is 20.7. The summed E-state index contributed by atoms with van der Waals surface area (Å²) >= 11 is 0. The first-order valence-corrected chi connectivity index (χ1v) is 10.8. The number of nitrogens with one attached hydrogen (secondary N) is 1. The largest absolute Gasteiger partial charge is 0.496 e. The van der Waals surface area contributed by atoms with E-state index in [0.29, 0.717) is 24.4 Å². The molecule has 0 fully saturated rings. The molecule has 0 aliphatic rings. The summed E-state index contributed by atoms with van der Waals surface area (Å²) in [6.07, 6.45) is 0.282. The third kappa shape index (κ3) is 5.33. The smallest absolute Gasteiger partial charge is 0.241 e. The van der Waals surface area contributed by atoms with Gasteiger partial charge in [0.05, 0.1) is 12.0 Å². The number of likely N-dealkylation sites (N-methyl/N-ethyl adjacent to an activating group) is 1. The molecule has 0 radical (unpaired) electrons. The van der Waals surface area contributed by atoms with Crippen molar-refractivity contribution in [3.8, 4) is 5.75 Å². The molecule has 0 aliphatic carbocycles. The summed E-state index contributed by atoms with van der Waals surface area (Å²) in [5.74, 6) is 0.377. The predicted molar refractivity (Wildman–Crippen MR) is 110 cm³/mol. The van der Waals surface area contributed by atoms with Crippen LogP contribution in [-0.2, 0) is 21.2 Å². The molecule has 152 valence electrons. The average Bonchev–Trinajstić information content (AvgIpc) is 2.69. The molecule has 28 heavy (non-hydrogen) atoms. The number of amides is 1. The molecule has 0 aliphatic heterocycles. The Morgan fingerprint density at radius 3 is 2.29 bits per heavy atom. The second kappa shape index (κ2) is 9.71. The lowest BCUT2D eigenvalue weighted by Crippen LogP contribution is -2.49. The minimum absolute atomic E-state index is 0.108. The van der Waals surface area contributed by atoms with Gasteiger partial charge in [0.2, 0.25) is 15.9 Å². The van der Waals surface area contributed by atoms with Gasteiger partial charge in [0.1, 0.15) is 11.8 Å². The van der Waals surface area contributed by atoms with E-state index in [4.69, 9.17) is 4.74 Å². The molecule has 1 N–H and O–H groups in total. The molecule has 0 saturated carbocycles. The number of hydrogen-bond donors (Lipinski definition) is 1. The van der Waals surface area contributed by atoms with Crippen molar-refractivity contribution in [1.82, 2.24) is 9.62 Å². The molecule has 6 nitrogen and oxygen atoms in total. The zero-order valence-electron chi connectivity index (χ0n) is 16.8. The molecule has 0 bridgehead atoms. The Kier molecular flexibility index (Phi) is 7.60. The molecule has 1 atom stereocenters. The fraction of sp³-hybridized carbons (Fsp3) is 0.381. The lowest BCUT2D eigenvalue weighted by molar-refractivity contribution is -0.132. The second-order valence-corrected chi connectivity index (χ2v) is 8.22. The van der Waals surface area contributed by atoms with Crippen LogP contribution in [0.25, 0.3) is 0 Å². The van der Waals surface area contributed by atoms with Gasteiger partial charge in [-0.3, -0.25) is 4.79 Å². The number of carbonyl (C=O) groups is 1. The van der Waals surface area contributed by atoms with E-state index in [1.165, 1.54) is 13.2 Å². The van der Waals surface area contributed by atoms with Gasteiger partial charge in [-0.15, -0.1) is 0 Å². The monoisotopic (exact) mass is 404 g/mol. The molecule has 0 unspecified atom stereocenters. The van der Waals surface area contributed by atoms with Crippen LogP contribution in [0.3, 0.4) is 0 Å². The average molecular weight is 405 g/mol. The number of ether oxygens (including phenoxy) is 1. The summed E-state index contributed by atoms with van der Waals surface area (Å²) in [7, 11) is -2.34. The first-order valence-electron chi connectivity index (χ1n) is 9.32. The van der Waals surface area contributed by atoms with E-state index in [1.807, 2.05) is 44.2 Å². The molecule has 7 heteroatoms. The van der Waals surface area contributed by atoms with Crippen LogP contribution in [-0.4, -0.2) is 45.5 Å². The van der Waals surface area contributed by atoms with Crippen LogP contribution in [0.5, 0.6) is 5.75 Å². The van der Waals surface area contributed by atoms with Gasteiger partial charge in [0, 0.05) is 13.1 Å². The minimum atomic E-state index is -3.88. The van der Waals surface area contributed by atoms with Gasteiger partial charge in [-0.2, -0.15) is 4.72 Å². The van der Waals surface area contributed by atoms with E-state index in [2.05, 4.69) is 4.72 Å². The van der Waals surface area contributed by atoms with Crippen molar-refractivity contribution in [2.24, 2.45) is 0 Å². The van der Waals surface area contributed by atoms with E-state index in [9.17, 15) is 13.2 Å². The normalized spacial score (nSPS) is 12.4. The number of sulfonamides is 1. The molecular weight excluding hydrogens is 376 g/mol. The molecule has 0 spiro atoms. The van der Waals surface area contributed by atoms with Gasteiger partial charge < -0.3 is 9.64 Å². The summed E-state index contributed by atoms with van der Waals surface area (Å²) in [6.45, 7) is 6.57. The Morgan fingerprint density at radius 2 is 1.75 bits per heavy atom. The number of carbonyl (C=O) groups excluding carboxylic acids is 1. The summed E-state index contributed by atoms with van der Waals surface area (Å²) < 4.78 is 33.7. The zero-order valence-corrected chi connectivity index (χ0v) is 17.6. The summed E-state index contributed by atoms with van der Waals surface area (Å²) in [4.78, 5) is 14.7. The molecule has 0 saturated heterocycles. The highest BCUT2D eigenvalue weighted by Crippen LogP contribution is 2.22. The topological polar surface area (TPSA) is 75.7 Å². The van der Waals surface area contributed by atoms with Gasteiger partial charge in [0.25, 0.3) is 0 Å². The van der Waals surface area contributed by atoms with Crippen LogP contribution in [0, 0.1) is 6.92 Å². The first kappa shape index (κ1) is 21.9. The molecule has 0 aromatic heterocycles. The molecule has 0 heterocycles. The van der Waals surface area contributed by atoms with Crippen LogP contribution in [0.1, 0.15) is 25.0 Å². The van der Waals surface area contributed by atoms with Gasteiger partial charge in [-0.1, -0.05) is 30.3 Å². The van der Waals surface area contributed by atoms with Crippen molar-refractivity contribution in [3.05, 3.63) is 59.7 Å². The molecular formula is C21H28N2O4S. The Hall–Kier alpha value is -2.38. The number of aryl methyl sites for hydroxylation is 1. The number of benzene rings is 2. The highest BCUT2D eigenvalue weighted by molar-refractivity contribution is 7.89. The quantitative estimate of drug-likeness (QED) is 0.697. The maximum atomic E-state index is 13.0. The Morgan fingerprint density at radius 1 is 1.11 bits per heavy atom. The van der Waals surface area contributed by atoms with Crippen molar-refractivity contribution >= 4 is 15.9 Å². The third-order valence-corrected chi connectivity index (χ3v) is 6.10. The number of hydrogen-bond acceptors (Lipinski definition) is 4. The summed E-state index contributed by atoms with van der Waals surface area (Å²) in [6, 6.07) is 13.2. The highest BCUT2D eigenvalue weighted by atomic mass is 32.2. The van der Waals surface area contributed by atoms with Crippen LogP contribution >= 0.6 is 0 Å². The van der Waals surface area contributed by atoms with Crippen molar-refractivity contribution in [2.75, 3.05) is 20.2 Å². The van der Waals surface area contributed by atoms with E-state index in [0.717, 1.165) is 5.56 Å². The standard InChI is InChI=1S/C21H28N2O4S/c1-5-23(6-2)21(24)19(15-17-10-8-7-9-11-17)22-28(25,26)18-12-13-20(27-4)16(3)14-18/h7-14,19,22H,5-6,15H2,1-4H3/t19-/m1/s1. The van der Waals surface area contributed by atoms with Gasteiger partial charge in [0.15, 0.2) is 0 Å². The highest BCUT2D eigenvalue weighted by Gasteiger charge is 2.28. The Labute approximate surface area is 167 Å². The predicted octanol–water partition coefficient (Wildman–Crippen LogP) is 2.76.